The summed E-state index contributed by atoms with van der Waals surface area (Å²) < 4.78 is 40.3. The van der Waals surface area contributed by atoms with Gasteiger partial charge in [-0.15, -0.1) is 5.10 Å². The number of hydrogen-bond donors (Lipinski definition) is 4. The number of aliphatic hydroxyl groups excluding tert-OH is 1. The Morgan fingerprint density at radius 3 is 2.32 bits per heavy atom. The lowest BCUT2D eigenvalue weighted by atomic mass is 10.1. The van der Waals surface area contributed by atoms with Crippen molar-refractivity contribution in [3.05, 3.63) is 74.6 Å². The number of hydrogen-bond acceptors (Lipinski definition) is 5. The molecule has 0 aliphatic heterocycles. The Kier molecular flexibility index (Phi) is 8.84. The van der Waals surface area contributed by atoms with E-state index in [1.54, 1.807) is 18.2 Å². The molecular formula is C22H20Cl2F3N5O5. The van der Waals surface area contributed by atoms with Crippen molar-refractivity contribution in [3.8, 4) is 11.4 Å². The molecule has 0 aliphatic carbocycles. The van der Waals surface area contributed by atoms with Crippen LogP contribution in [0.25, 0.3) is 11.4 Å². The van der Waals surface area contributed by atoms with E-state index in [2.05, 4.69) is 15.7 Å². The van der Waals surface area contributed by atoms with E-state index in [9.17, 15) is 32.7 Å². The maximum absolute atomic E-state index is 13.0. The summed E-state index contributed by atoms with van der Waals surface area (Å²) in [6.45, 7) is -2.14. The molecule has 198 valence electrons. The zero-order valence-electron chi connectivity index (χ0n) is 18.7. The average molecular weight is 562 g/mol. The molecule has 2 amide bonds. The lowest BCUT2D eigenvalue weighted by Crippen LogP contribution is -2.41. The van der Waals surface area contributed by atoms with E-state index in [0.29, 0.717) is 19.8 Å². The molecule has 1 unspecified atom stereocenters. The van der Waals surface area contributed by atoms with Crippen LogP contribution < -0.4 is 16.3 Å². The number of amides is 2. The molecule has 37 heavy (non-hydrogen) atoms. The predicted molar refractivity (Wildman–Crippen MR) is 127 cm³/mol. The highest BCUT2D eigenvalue weighted by atomic mass is 35.5. The summed E-state index contributed by atoms with van der Waals surface area (Å²) in [6.07, 6.45) is -9.22. The highest BCUT2D eigenvalue weighted by Gasteiger charge is 2.39. The fourth-order valence-electron chi connectivity index (χ4n) is 3.36. The Balaban J connectivity index is 1.92. The van der Waals surface area contributed by atoms with Gasteiger partial charge in [0.2, 0.25) is 5.91 Å². The molecule has 0 saturated carbocycles. The first-order valence-corrected chi connectivity index (χ1v) is 11.3. The van der Waals surface area contributed by atoms with Gasteiger partial charge in [0.05, 0.1) is 12.6 Å². The molecule has 10 nitrogen and oxygen atoms in total. The topological polar surface area (TPSA) is 138 Å². The average Bonchev–Trinajstić information content (AvgIpc) is 3.11. The number of alkyl halides is 3. The summed E-state index contributed by atoms with van der Waals surface area (Å²) in [6, 6.07) is 11.1. The predicted octanol–water partition coefficient (Wildman–Crippen LogP) is 3.07. The first kappa shape index (κ1) is 28.0. The lowest BCUT2D eigenvalue weighted by Gasteiger charge is -2.20. The van der Waals surface area contributed by atoms with Gasteiger partial charge in [-0.25, -0.2) is 14.3 Å². The summed E-state index contributed by atoms with van der Waals surface area (Å²) in [5.41, 5.74) is -0.477. The second-order valence-electron chi connectivity index (χ2n) is 7.77. The fraction of sp³-hybridized carbons (Fsp3) is 0.273. The summed E-state index contributed by atoms with van der Waals surface area (Å²) in [5.74, 6) is -1.03. The van der Waals surface area contributed by atoms with Gasteiger partial charge < -0.3 is 20.8 Å². The number of aromatic nitrogens is 3. The van der Waals surface area contributed by atoms with E-state index >= 15 is 0 Å². The van der Waals surface area contributed by atoms with Crippen molar-refractivity contribution in [2.24, 2.45) is 0 Å². The molecule has 2 atom stereocenters. The van der Waals surface area contributed by atoms with Crippen LogP contribution in [-0.2, 0) is 17.9 Å². The molecule has 1 heterocycles. The van der Waals surface area contributed by atoms with Crippen LogP contribution in [0.1, 0.15) is 11.6 Å². The van der Waals surface area contributed by atoms with Gasteiger partial charge >= 0.3 is 18.0 Å². The third-order valence-corrected chi connectivity index (χ3v) is 5.72. The normalized spacial score (nSPS) is 13.1. The molecule has 0 radical (unpaired) electrons. The van der Waals surface area contributed by atoms with E-state index in [0.717, 1.165) is 0 Å². The van der Waals surface area contributed by atoms with E-state index < -0.39 is 49.1 Å². The number of carbonyl (C=O) groups is 2. The first-order valence-electron chi connectivity index (χ1n) is 10.6. The van der Waals surface area contributed by atoms with E-state index in [4.69, 9.17) is 28.3 Å². The third kappa shape index (κ3) is 7.24. The van der Waals surface area contributed by atoms with Gasteiger partial charge in [-0.05, 0) is 35.9 Å². The maximum atomic E-state index is 13.0. The quantitative estimate of drug-likeness (QED) is 0.316. The molecule has 0 bridgehead atoms. The minimum Gasteiger partial charge on any atom is -0.465 e. The molecule has 0 fully saturated rings. The zero-order chi connectivity index (χ0) is 27.3. The SMILES string of the molecule is O=C(O)NCC(NC(=O)Cn1nc(-c2ccc(Cl)cc2)n(C[C@H](O)C(F)(F)F)c1=O)c1ccccc1Cl. The van der Waals surface area contributed by atoms with Crippen molar-refractivity contribution < 1.29 is 33.0 Å². The monoisotopic (exact) mass is 561 g/mol. The molecule has 4 N–H and O–H groups in total. The largest absolute Gasteiger partial charge is 0.465 e. The van der Waals surface area contributed by atoms with Crippen molar-refractivity contribution in [1.29, 1.82) is 0 Å². The standard InChI is InChI=1S/C22H20Cl2F3N5O5/c23-13-7-5-12(6-8-13)19-30-32(21(37)31(19)10-17(33)22(25,26)27)11-18(34)29-16(9-28-20(35)36)14-3-1-2-4-15(14)24/h1-8,16-17,28,33H,9-11H2,(H,29,34)(H,35,36)/t16?,17-/m0/s1. The fourth-order valence-corrected chi connectivity index (χ4v) is 3.75. The van der Waals surface area contributed by atoms with Crippen molar-refractivity contribution >= 4 is 35.2 Å². The van der Waals surface area contributed by atoms with E-state index in [1.165, 1.54) is 30.3 Å². The number of halogens is 5. The molecule has 0 aliphatic rings. The number of nitrogens with zero attached hydrogens (tertiary/aromatic N) is 3. The Morgan fingerprint density at radius 1 is 1.08 bits per heavy atom. The van der Waals surface area contributed by atoms with Crippen molar-refractivity contribution in [3.63, 3.8) is 0 Å². The smallest absolute Gasteiger partial charge is 0.416 e. The van der Waals surface area contributed by atoms with E-state index in [-0.39, 0.29) is 23.0 Å². The van der Waals surface area contributed by atoms with Gasteiger partial charge in [-0.1, -0.05) is 41.4 Å². The zero-order valence-corrected chi connectivity index (χ0v) is 20.3. The van der Waals surface area contributed by atoms with E-state index in [1.807, 2.05) is 0 Å². The number of benzene rings is 2. The number of rotatable bonds is 9. The minimum atomic E-state index is -5.00. The van der Waals surface area contributed by atoms with Crippen molar-refractivity contribution in [2.75, 3.05) is 6.54 Å². The summed E-state index contributed by atoms with van der Waals surface area (Å²) in [5, 5.41) is 27.8. The molecule has 2 aromatic carbocycles. The van der Waals surface area contributed by atoms with Crippen LogP contribution in [0.15, 0.2) is 53.3 Å². The molecule has 3 rings (SSSR count). The molecule has 0 saturated heterocycles. The molecule has 3 aromatic rings. The van der Waals surface area contributed by atoms with Crippen molar-refractivity contribution in [2.45, 2.75) is 31.4 Å². The van der Waals surface area contributed by atoms with Crippen LogP contribution >= 0.6 is 23.2 Å². The van der Waals surface area contributed by atoms with Gasteiger partial charge in [-0.3, -0.25) is 9.36 Å². The number of carbonyl (C=O) groups excluding carboxylic acids is 1. The molecule has 0 spiro atoms. The van der Waals surface area contributed by atoms with Crippen LogP contribution in [0.2, 0.25) is 10.0 Å². The molecule has 15 heteroatoms. The summed E-state index contributed by atoms with van der Waals surface area (Å²) >= 11 is 12.0. The highest BCUT2D eigenvalue weighted by Crippen LogP contribution is 2.25. The minimum absolute atomic E-state index is 0.217. The highest BCUT2D eigenvalue weighted by molar-refractivity contribution is 6.31. The summed E-state index contributed by atoms with van der Waals surface area (Å²) in [4.78, 5) is 36.7. The Bertz CT molecular complexity index is 1330. The van der Waals surface area contributed by atoms with Gasteiger partial charge in [0.1, 0.15) is 6.54 Å². The molecular weight excluding hydrogens is 542 g/mol. The maximum Gasteiger partial charge on any atom is 0.416 e. The summed E-state index contributed by atoms with van der Waals surface area (Å²) in [7, 11) is 0. The Morgan fingerprint density at radius 2 is 1.73 bits per heavy atom. The van der Waals surface area contributed by atoms with Crippen LogP contribution in [0, 0.1) is 0 Å². The number of aliphatic hydroxyl groups is 1. The second-order valence-corrected chi connectivity index (χ2v) is 8.61. The van der Waals surface area contributed by atoms with Crippen LogP contribution in [0.5, 0.6) is 0 Å². The Labute approximate surface area is 217 Å². The first-order chi connectivity index (χ1) is 17.4. The number of carboxylic acid groups (broad SMARTS) is 1. The second kappa shape index (κ2) is 11.7. The Hall–Kier alpha value is -3.55. The van der Waals surface area contributed by atoms with Gasteiger partial charge in [0.15, 0.2) is 11.9 Å². The van der Waals surface area contributed by atoms with Gasteiger partial charge in [0.25, 0.3) is 0 Å². The lowest BCUT2D eigenvalue weighted by molar-refractivity contribution is -0.207. The van der Waals surface area contributed by atoms with Gasteiger partial charge in [-0.2, -0.15) is 13.2 Å². The third-order valence-electron chi connectivity index (χ3n) is 5.13. The van der Waals surface area contributed by atoms with Crippen LogP contribution in [0.3, 0.4) is 0 Å². The molecule has 1 aromatic heterocycles. The van der Waals surface area contributed by atoms with Gasteiger partial charge in [0, 0.05) is 22.2 Å². The number of nitrogens with one attached hydrogen (secondary N) is 2. The van der Waals surface area contributed by atoms with Crippen molar-refractivity contribution in [1.82, 2.24) is 25.0 Å². The van der Waals surface area contributed by atoms with Crippen LogP contribution in [0.4, 0.5) is 18.0 Å². The van der Waals surface area contributed by atoms with Crippen LogP contribution in [-0.4, -0.2) is 55.4 Å².